The third-order valence-electron chi connectivity index (χ3n) is 1.65. The lowest BCUT2D eigenvalue weighted by Crippen LogP contribution is -2.22. The summed E-state index contributed by atoms with van der Waals surface area (Å²) in [6.45, 7) is 4.96. The highest BCUT2D eigenvalue weighted by Gasteiger charge is 2.36. The standard InChI is InChI=1S/C9H9F3N2OS/c1-3-4-13-7(15)6-5(2)14-8(16-6)9(10,11)12/h3H,1,4H2,2H3,(H,13,15). The number of aromatic nitrogens is 1. The van der Waals surface area contributed by atoms with E-state index >= 15 is 0 Å². The zero-order valence-corrected chi connectivity index (χ0v) is 9.21. The zero-order chi connectivity index (χ0) is 12.3. The summed E-state index contributed by atoms with van der Waals surface area (Å²) in [5, 5.41) is 1.39. The minimum absolute atomic E-state index is 0.0193. The van der Waals surface area contributed by atoms with Crippen molar-refractivity contribution in [2.75, 3.05) is 6.54 Å². The van der Waals surface area contributed by atoms with E-state index in [1.807, 2.05) is 0 Å². The van der Waals surface area contributed by atoms with E-state index in [-0.39, 0.29) is 17.1 Å². The fraction of sp³-hybridized carbons (Fsp3) is 0.333. The van der Waals surface area contributed by atoms with Gasteiger partial charge in [-0.1, -0.05) is 6.08 Å². The molecule has 7 heteroatoms. The van der Waals surface area contributed by atoms with E-state index in [0.29, 0.717) is 11.3 Å². The van der Waals surface area contributed by atoms with Crippen LogP contribution in [-0.2, 0) is 6.18 Å². The van der Waals surface area contributed by atoms with E-state index in [2.05, 4.69) is 16.9 Å². The van der Waals surface area contributed by atoms with Crippen LogP contribution in [0.15, 0.2) is 12.7 Å². The third-order valence-corrected chi connectivity index (χ3v) is 2.85. The highest BCUT2D eigenvalue weighted by atomic mass is 32.1. The molecule has 1 amide bonds. The maximum absolute atomic E-state index is 12.3. The first-order valence-electron chi connectivity index (χ1n) is 4.30. The number of hydrogen-bond acceptors (Lipinski definition) is 3. The van der Waals surface area contributed by atoms with E-state index in [1.165, 1.54) is 13.0 Å². The molecule has 1 aromatic rings. The number of amides is 1. The third kappa shape index (κ3) is 2.82. The Bertz CT molecular complexity index is 411. The Morgan fingerprint density at radius 3 is 2.69 bits per heavy atom. The van der Waals surface area contributed by atoms with Crippen molar-refractivity contribution in [3.05, 3.63) is 28.2 Å². The molecule has 0 fully saturated rings. The number of thiazole rings is 1. The first-order chi connectivity index (χ1) is 7.36. The van der Waals surface area contributed by atoms with Crippen molar-refractivity contribution in [2.24, 2.45) is 0 Å². The van der Waals surface area contributed by atoms with Gasteiger partial charge in [0.15, 0.2) is 5.01 Å². The first-order valence-corrected chi connectivity index (χ1v) is 5.11. The van der Waals surface area contributed by atoms with Crippen molar-refractivity contribution in [3.63, 3.8) is 0 Å². The molecule has 0 spiro atoms. The van der Waals surface area contributed by atoms with Gasteiger partial charge in [0.25, 0.3) is 5.91 Å². The van der Waals surface area contributed by atoms with Crippen molar-refractivity contribution in [2.45, 2.75) is 13.1 Å². The summed E-state index contributed by atoms with van der Waals surface area (Å²) in [4.78, 5) is 14.7. The molecule has 0 bridgehead atoms. The number of carbonyl (C=O) groups is 1. The second-order valence-corrected chi connectivity index (χ2v) is 3.93. The van der Waals surface area contributed by atoms with Gasteiger partial charge >= 0.3 is 6.18 Å². The SMILES string of the molecule is C=CCNC(=O)c1sc(C(F)(F)F)nc1C. The van der Waals surface area contributed by atoms with E-state index < -0.39 is 17.1 Å². The van der Waals surface area contributed by atoms with E-state index in [0.717, 1.165) is 0 Å². The van der Waals surface area contributed by atoms with Crippen LogP contribution in [0.2, 0.25) is 0 Å². The van der Waals surface area contributed by atoms with Gasteiger partial charge in [0, 0.05) is 6.54 Å². The Kier molecular flexibility index (Phi) is 3.69. The predicted octanol–water partition coefficient (Wildman–Crippen LogP) is 2.39. The zero-order valence-electron chi connectivity index (χ0n) is 8.39. The fourth-order valence-electron chi connectivity index (χ4n) is 0.973. The minimum atomic E-state index is -4.51. The molecule has 0 atom stereocenters. The number of nitrogens with zero attached hydrogens (tertiary/aromatic N) is 1. The molecular weight excluding hydrogens is 241 g/mol. The maximum Gasteiger partial charge on any atom is 0.443 e. The Morgan fingerprint density at radius 2 is 2.25 bits per heavy atom. The molecule has 1 heterocycles. The molecule has 1 rings (SSSR count). The number of hydrogen-bond donors (Lipinski definition) is 1. The van der Waals surface area contributed by atoms with Crippen LogP contribution in [-0.4, -0.2) is 17.4 Å². The van der Waals surface area contributed by atoms with Crippen molar-refractivity contribution in [1.82, 2.24) is 10.3 Å². The summed E-state index contributed by atoms with van der Waals surface area (Å²) in [6, 6.07) is 0. The van der Waals surface area contributed by atoms with Gasteiger partial charge in [0.1, 0.15) is 4.88 Å². The first kappa shape index (κ1) is 12.7. The summed E-state index contributed by atoms with van der Waals surface area (Å²) in [5.41, 5.74) is 0.0823. The summed E-state index contributed by atoms with van der Waals surface area (Å²) < 4.78 is 36.9. The Balaban J connectivity index is 2.94. The van der Waals surface area contributed by atoms with Crippen LogP contribution in [0.5, 0.6) is 0 Å². The molecule has 0 saturated heterocycles. The lowest BCUT2D eigenvalue weighted by atomic mass is 10.3. The molecule has 0 unspecified atom stereocenters. The number of rotatable bonds is 3. The van der Waals surface area contributed by atoms with Crippen molar-refractivity contribution in [3.8, 4) is 0 Å². The number of alkyl halides is 3. The fourth-order valence-corrected chi connectivity index (χ4v) is 1.82. The van der Waals surface area contributed by atoms with Crippen LogP contribution in [0.25, 0.3) is 0 Å². The highest BCUT2D eigenvalue weighted by Crippen LogP contribution is 2.33. The molecule has 0 aliphatic rings. The van der Waals surface area contributed by atoms with Gasteiger partial charge < -0.3 is 5.32 Å². The Morgan fingerprint density at radius 1 is 1.62 bits per heavy atom. The summed E-state index contributed by atoms with van der Waals surface area (Å²) in [5.74, 6) is -0.564. The molecule has 0 aliphatic heterocycles. The number of halogens is 3. The number of carbonyl (C=O) groups excluding carboxylic acids is 1. The van der Waals surface area contributed by atoms with Gasteiger partial charge in [-0.05, 0) is 6.92 Å². The van der Waals surface area contributed by atoms with Crippen molar-refractivity contribution < 1.29 is 18.0 Å². The summed E-state index contributed by atoms with van der Waals surface area (Å²) in [7, 11) is 0. The van der Waals surface area contributed by atoms with Crippen LogP contribution in [0, 0.1) is 6.92 Å². The van der Waals surface area contributed by atoms with Crippen LogP contribution in [0.1, 0.15) is 20.4 Å². The average Bonchev–Trinajstić information content (AvgIpc) is 2.56. The molecule has 0 aromatic carbocycles. The van der Waals surface area contributed by atoms with Crippen LogP contribution in [0.4, 0.5) is 13.2 Å². The van der Waals surface area contributed by atoms with Gasteiger partial charge in [-0.3, -0.25) is 4.79 Å². The van der Waals surface area contributed by atoms with E-state index in [9.17, 15) is 18.0 Å². The number of aryl methyl sites for hydroxylation is 1. The Hall–Kier alpha value is -1.37. The highest BCUT2D eigenvalue weighted by molar-refractivity contribution is 7.13. The smallest absolute Gasteiger partial charge is 0.348 e. The molecule has 88 valence electrons. The molecule has 1 N–H and O–H groups in total. The Labute approximate surface area is 94.0 Å². The average molecular weight is 250 g/mol. The van der Waals surface area contributed by atoms with E-state index in [1.54, 1.807) is 0 Å². The van der Waals surface area contributed by atoms with Crippen LogP contribution < -0.4 is 5.32 Å². The predicted molar refractivity (Wildman–Crippen MR) is 54.4 cm³/mol. The second kappa shape index (κ2) is 4.65. The molecular formula is C9H9F3N2OS. The van der Waals surface area contributed by atoms with E-state index in [4.69, 9.17) is 0 Å². The van der Waals surface area contributed by atoms with Gasteiger partial charge in [0.05, 0.1) is 5.69 Å². The van der Waals surface area contributed by atoms with Crippen molar-refractivity contribution in [1.29, 1.82) is 0 Å². The molecule has 0 saturated carbocycles. The molecule has 16 heavy (non-hydrogen) atoms. The topological polar surface area (TPSA) is 42.0 Å². The molecule has 3 nitrogen and oxygen atoms in total. The molecule has 1 aromatic heterocycles. The summed E-state index contributed by atoms with van der Waals surface area (Å²) >= 11 is 0.343. The quantitative estimate of drug-likeness (QED) is 0.837. The van der Waals surface area contributed by atoms with Gasteiger partial charge in [-0.15, -0.1) is 17.9 Å². The summed E-state index contributed by atoms with van der Waals surface area (Å²) in [6.07, 6.45) is -3.06. The second-order valence-electron chi connectivity index (χ2n) is 2.93. The van der Waals surface area contributed by atoms with Crippen molar-refractivity contribution >= 4 is 17.2 Å². The normalized spacial score (nSPS) is 11.2. The van der Waals surface area contributed by atoms with Gasteiger partial charge in [-0.2, -0.15) is 13.2 Å². The lowest BCUT2D eigenvalue weighted by Gasteiger charge is -1.99. The lowest BCUT2D eigenvalue weighted by molar-refractivity contribution is -0.137. The minimum Gasteiger partial charge on any atom is -0.348 e. The van der Waals surface area contributed by atoms with Crippen LogP contribution in [0.3, 0.4) is 0 Å². The number of nitrogens with one attached hydrogen (secondary N) is 1. The maximum atomic E-state index is 12.3. The van der Waals surface area contributed by atoms with Gasteiger partial charge in [0.2, 0.25) is 0 Å². The largest absolute Gasteiger partial charge is 0.443 e. The molecule has 0 aliphatic carbocycles. The van der Waals surface area contributed by atoms with Crippen LogP contribution >= 0.6 is 11.3 Å². The molecule has 0 radical (unpaired) electrons. The monoisotopic (exact) mass is 250 g/mol. The van der Waals surface area contributed by atoms with Gasteiger partial charge in [-0.25, -0.2) is 4.98 Å².